The summed E-state index contributed by atoms with van der Waals surface area (Å²) in [6, 6.07) is 8.11. The van der Waals surface area contributed by atoms with E-state index in [1.807, 2.05) is 49.9 Å². The van der Waals surface area contributed by atoms with E-state index >= 15 is 0 Å². The second-order valence-corrected chi connectivity index (χ2v) is 6.71. The first-order valence-electron chi connectivity index (χ1n) is 9.61. The van der Waals surface area contributed by atoms with Gasteiger partial charge < -0.3 is 20.3 Å². The van der Waals surface area contributed by atoms with Crippen LogP contribution in [0.1, 0.15) is 58.1 Å². The summed E-state index contributed by atoms with van der Waals surface area (Å²) < 4.78 is 5.48. The van der Waals surface area contributed by atoms with E-state index in [2.05, 4.69) is 10.6 Å². The van der Waals surface area contributed by atoms with Gasteiger partial charge in [-0.3, -0.25) is 4.79 Å². The third-order valence-corrected chi connectivity index (χ3v) is 4.74. The highest BCUT2D eigenvalue weighted by Crippen LogP contribution is 2.32. The lowest BCUT2D eigenvalue weighted by molar-refractivity contribution is -0.121. The average Bonchev–Trinajstić information content (AvgIpc) is 3.12. The molecule has 0 radical (unpaired) electrons. The Morgan fingerprint density at radius 2 is 2.00 bits per heavy atom. The van der Waals surface area contributed by atoms with Crippen LogP contribution in [0.2, 0.25) is 0 Å². The second kappa shape index (κ2) is 10.0. The standard InChI is InChI=1S/C20H31N3O3/c1-4-15(3)22-19(24)12-13-21-20(25)23-14-6-7-18(23)16-8-10-17(11-9-16)26-5-2/h8-11,15,18H,4-7,12-14H2,1-3H3,(H,21,25)(H,22,24). The predicted octanol–water partition coefficient (Wildman–Crippen LogP) is 3.24. The van der Waals surface area contributed by atoms with Crippen molar-refractivity contribution in [3.05, 3.63) is 29.8 Å². The van der Waals surface area contributed by atoms with Crippen molar-refractivity contribution < 1.29 is 14.3 Å². The number of hydrogen-bond acceptors (Lipinski definition) is 3. The number of hydrogen-bond donors (Lipinski definition) is 2. The highest BCUT2D eigenvalue weighted by molar-refractivity contribution is 5.78. The van der Waals surface area contributed by atoms with Gasteiger partial charge in [0.25, 0.3) is 0 Å². The fraction of sp³-hybridized carbons (Fsp3) is 0.600. The number of benzene rings is 1. The quantitative estimate of drug-likeness (QED) is 0.747. The molecule has 6 nitrogen and oxygen atoms in total. The summed E-state index contributed by atoms with van der Waals surface area (Å²) in [5.41, 5.74) is 1.12. The summed E-state index contributed by atoms with van der Waals surface area (Å²) in [5, 5.41) is 5.79. The Morgan fingerprint density at radius 3 is 2.65 bits per heavy atom. The highest BCUT2D eigenvalue weighted by Gasteiger charge is 2.29. The summed E-state index contributed by atoms with van der Waals surface area (Å²) >= 11 is 0. The van der Waals surface area contributed by atoms with Gasteiger partial charge in [0.1, 0.15) is 5.75 Å². The zero-order valence-electron chi connectivity index (χ0n) is 16.1. The minimum atomic E-state index is -0.0993. The largest absolute Gasteiger partial charge is 0.494 e. The van der Waals surface area contributed by atoms with Gasteiger partial charge in [-0.15, -0.1) is 0 Å². The van der Waals surface area contributed by atoms with E-state index in [0.717, 1.165) is 37.1 Å². The van der Waals surface area contributed by atoms with E-state index < -0.39 is 0 Å². The zero-order chi connectivity index (χ0) is 18.9. The molecule has 0 saturated carbocycles. The Labute approximate surface area is 156 Å². The van der Waals surface area contributed by atoms with Crippen LogP contribution < -0.4 is 15.4 Å². The minimum absolute atomic E-state index is 0.0239. The molecule has 1 aliphatic rings. The maximum atomic E-state index is 12.5. The van der Waals surface area contributed by atoms with Crippen LogP contribution in [0.4, 0.5) is 4.79 Å². The monoisotopic (exact) mass is 361 g/mol. The lowest BCUT2D eigenvalue weighted by Gasteiger charge is -2.25. The lowest BCUT2D eigenvalue weighted by Crippen LogP contribution is -2.41. The van der Waals surface area contributed by atoms with Crippen LogP contribution in [0.3, 0.4) is 0 Å². The van der Waals surface area contributed by atoms with Crippen LogP contribution in [0.15, 0.2) is 24.3 Å². The van der Waals surface area contributed by atoms with Gasteiger partial charge in [0, 0.05) is 25.6 Å². The molecular formula is C20H31N3O3. The van der Waals surface area contributed by atoms with Gasteiger partial charge in [-0.2, -0.15) is 0 Å². The van der Waals surface area contributed by atoms with Gasteiger partial charge in [-0.25, -0.2) is 4.79 Å². The molecule has 1 saturated heterocycles. The minimum Gasteiger partial charge on any atom is -0.494 e. The molecule has 0 spiro atoms. The van der Waals surface area contributed by atoms with E-state index in [9.17, 15) is 9.59 Å². The van der Waals surface area contributed by atoms with Crippen LogP contribution in [0, 0.1) is 0 Å². The predicted molar refractivity (Wildman–Crippen MR) is 102 cm³/mol. The van der Waals surface area contributed by atoms with E-state index in [1.165, 1.54) is 0 Å². The molecule has 6 heteroatoms. The number of carbonyl (C=O) groups excluding carboxylic acids is 2. The molecule has 2 rings (SSSR count). The van der Waals surface area contributed by atoms with E-state index in [0.29, 0.717) is 19.6 Å². The molecule has 2 unspecified atom stereocenters. The summed E-state index contributed by atoms with van der Waals surface area (Å²) in [7, 11) is 0. The maximum absolute atomic E-state index is 12.5. The molecule has 26 heavy (non-hydrogen) atoms. The van der Waals surface area contributed by atoms with Crippen molar-refractivity contribution in [1.82, 2.24) is 15.5 Å². The van der Waals surface area contributed by atoms with Crippen molar-refractivity contribution in [2.75, 3.05) is 19.7 Å². The molecule has 2 N–H and O–H groups in total. The summed E-state index contributed by atoms with van der Waals surface area (Å²) in [4.78, 5) is 26.2. The van der Waals surface area contributed by atoms with Gasteiger partial charge in [-0.05, 0) is 50.8 Å². The van der Waals surface area contributed by atoms with E-state index in [-0.39, 0.29) is 24.0 Å². The SMILES string of the molecule is CCOc1ccc(C2CCCN2C(=O)NCCC(=O)NC(C)CC)cc1. The number of amides is 3. The molecule has 0 aromatic heterocycles. The van der Waals surface area contributed by atoms with Gasteiger partial charge >= 0.3 is 6.03 Å². The van der Waals surface area contributed by atoms with Crippen LogP contribution in [0.5, 0.6) is 5.75 Å². The molecule has 0 aliphatic carbocycles. The molecule has 1 aliphatic heterocycles. The fourth-order valence-electron chi connectivity index (χ4n) is 3.14. The Morgan fingerprint density at radius 1 is 1.27 bits per heavy atom. The molecule has 2 atom stereocenters. The van der Waals surface area contributed by atoms with Gasteiger partial charge in [0.05, 0.1) is 12.6 Å². The van der Waals surface area contributed by atoms with Crippen molar-refractivity contribution in [2.24, 2.45) is 0 Å². The Hall–Kier alpha value is -2.24. The molecule has 1 fully saturated rings. The number of rotatable bonds is 8. The Bertz CT molecular complexity index is 588. The van der Waals surface area contributed by atoms with E-state index in [4.69, 9.17) is 4.74 Å². The normalized spacial score (nSPS) is 17.7. The van der Waals surface area contributed by atoms with Crippen LogP contribution in [-0.4, -0.2) is 42.6 Å². The van der Waals surface area contributed by atoms with Crippen LogP contribution in [0.25, 0.3) is 0 Å². The molecule has 144 valence electrons. The van der Waals surface area contributed by atoms with Crippen molar-refractivity contribution in [1.29, 1.82) is 0 Å². The second-order valence-electron chi connectivity index (χ2n) is 6.71. The molecule has 1 aromatic rings. The van der Waals surface area contributed by atoms with E-state index in [1.54, 1.807) is 0 Å². The van der Waals surface area contributed by atoms with Crippen molar-refractivity contribution in [3.8, 4) is 5.75 Å². The first kappa shape index (κ1) is 20.1. The van der Waals surface area contributed by atoms with Gasteiger partial charge in [0.2, 0.25) is 5.91 Å². The summed E-state index contributed by atoms with van der Waals surface area (Å²) in [5.74, 6) is 0.821. The number of urea groups is 1. The number of likely N-dealkylation sites (tertiary alicyclic amines) is 1. The zero-order valence-corrected chi connectivity index (χ0v) is 16.1. The molecule has 1 heterocycles. The summed E-state index contributed by atoms with van der Waals surface area (Å²) in [6.45, 7) is 7.70. The Balaban J connectivity index is 1.84. The number of nitrogens with one attached hydrogen (secondary N) is 2. The first-order valence-corrected chi connectivity index (χ1v) is 9.61. The third-order valence-electron chi connectivity index (χ3n) is 4.74. The first-order chi connectivity index (χ1) is 12.5. The topological polar surface area (TPSA) is 70.7 Å². The smallest absolute Gasteiger partial charge is 0.317 e. The van der Waals surface area contributed by atoms with Crippen molar-refractivity contribution in [2.45, 2.75) is 58.5 Å². The highest BCUT2D eigenvalue weighted by atomic mass is 16.5. The third kappa shape index (κ3) is 5.64. The summed E-state index contributed by atoms with van der Waals surface area (Å²) in [6.07, 6.45) is 3.14. The molecule has 0 bridgehead atoms. The maximum Gasteiger partial charge on any atom is 0.317 e. The number of carbonyl (C=O) groups is 2. The van der Waals surface area contributed by atoms with Gasteiger partial charge in [-0.1, -0.05) is 19.1 Å². The fourth-order valence-corrected chi connectivity index (χ4v) is 3.14. The van der Waals surface area contributed by atoms with Crippen LogP contribution >= 0.6 is 0 Å². The number of nitrogens with zero attached hydrogens (tertiary/aromatic N) is 1. The van der Waals surface area contributed by atoms with Gasteiger partial charge in [0.15, 0.2) is 0 Å². The lowest BCUT2D eigenvalue weighted by atomic mass is 10.0. The number of ether oxygens (including phenoxy) is 1. The Kier molecular flexibility index (Phi) is 7.75. The average molecular weight is 361 g/mol. The van der Waals surface area contributed by atoms with Crippen molar-refractivity contribution >= 4 is 11.9 Å². The molecule has 3 amide bonds. The van der Waals surface area contributed by atoms with Crippen LogP contribution in [-0.2, 0) is 4.79 Å². The molecule has 1 aromatic carbocycles. The van der Waals surface area contributed by atoms with Crippen molar-refractivity contribution in [3.63, 3.8) is 0 Å². The molecular weight excluding hydrogens is 330 g/mol.